The molecule has 1 aromatic carbocycles. The highest BCUT2D eigenvalue weighted by Crippen LogP contribution is 2.14. The Balaban J connectivity index is 2.58. The fraction of sp³-hybridized carbons (Fsp3) is 0.333. The van der Waals surface area contributed by atoms with Gasteiger partial charge in [0.15, 0.2) is 0 Å². The summed E-state index contributed by atoms with van der Waals surface area (Å²) in [5.74, 6) is -1.97. The van der Waals surface area contributed by atoms with Gasteiger partial charge in [0, 0.05) is 12.6 Å². The Kier molecular flexibility index (Phi) is 5.23. The quantitative estimate of drug-likeness (QED) is 0.778. The molecule has 0 aliphatic rings. The lowest BCUT2D eigenvalue weighted by molar-refractivity contribution is -0.122. The number of amides is 3. The van der Waals surface area contributed by atoms with Crippen LogP contribution in [-0.2, 0) is 4.79 Å². The van der Waals surface area contributed by atoms with Gasteiger partial charge in [-0.1, -0.05) is 0 Å². The van der Waals surface area contributed by atoms with E-state index in [1.165, 1.54) is 6.92 Å². The minimum atomic E-state index is -0.888. The fourth-order valence-electron chi connectivity index (χ4n) is 1.34. The highest BCUT2D eigenvalue weighted by molar-refractivity contribution is 5.93. The predicted molar refractivity (Wildman–Crippen MR) is 66.7 cm³/mol. The van der Waals surface area contributed by atoms with Crippen molar-refractivity contribution in [2.75, 3.05) is 11.9 Å². The van der Waals surface area contributed by atoms with Crippen molar-refractivity contribution >= 4 is 17.6 Å². The van der Waals surface area contributed by atoms with Gasteiger partial charge in [-0.2, -0.15) is 0 Å². The second kappa shape index (κ2) is 6.67. The van der Waals surface area contributed by atoms with Crippen molar-refractivity contribution in [2.45, 2.75) is 19.9 Å². The van der Waals surface area contributed by atoms with E-state index in [1.54, 1.807) is 6.92 Å². The fourth-order valence-corrected chi connectivity index (χ4v) is 1.34. The standard InChI is InChI=1S/C12H15F2N3O2/c1-3-15-11(18)7(2)16-12(19)17-10-5-4-8(13)6-9(10)14/h4-7H,3H2,1-2H3,(H,15,18)(H2,16,17,19)/t7-/m1/s1. The molecule has 1 atom stereocenters. The lowest BCUT2D eigenvalue weighted by atomic mass is 10.3. The van der Waals surface area contributed by atoms with E-state index in [0.717, 1.165) is 12.1 Å². The molecule has 3 amide bonds. The van der Waals surface area contributed by atoms with Crippen LogP contribution in [-0.4, -0.2) is 24.5 Å². The molecule has 0 aromatic heterocycles. The Morgan fingerprint density at radius 2 is 2.00 bits per heavy atom. The molecule has 7 heteroatoms. The first-order valence-electron chi connectivity index (χ1n) is 5.74. The van der Waals surface area contributed by atoms with Crippen LogP contribution in [0.25, 0.3) is 0 Å². The first kappa shape index (κ1) is 14.9. The molecule has 0 saturated carbocycles. The van der Waals surface area contributed by atoms with Gasteiger partial charge in [-0.3, -0.25) is 4.79 Å². The zero-order valence-corrected chi connectivity index (χ0v) is 10.6. The van der Waals surface area contributed by atoms with Crippen LogP contribution in [0.2, 0.25) is 0 Å². The molecule has 0 aliphatic heterocycles. The van der Waals surface area contributed by atoms with Gasteiger partial charge in [-0.25, -0.2) is 13.6 Å². The molecular formula is C12H15F2N3O2. The largest absolute Gasteiger partial charge is 0.355 e. The van der Waals surface area contributed by atoms with E-state index in [2.05, 4.69) is 16.0 Å². The number of hydrogen-bond acceptors (Lipinski definition) is 2. The molecule has 0 fully saturated rings. The van der Waals surface area contributed by atoms with Crippen LogP contribution in [0.1, 0.15) is 13.8 Å². The van der Waals surface area contributed by atoms with E-state index >= 15 is 0 Å². The van der Waals surface area contributed by atoms with Gasteiger partial charge < -0.3 is 16.0 Å². The van der Waals surface area contributed by atoms with Crippen LogP contribution in [0.5, 0.6) is 0 Å². The summed E-state index contributed by atoms with van der Waals surface area (Å²) in [5, 5.41) is 7.05. The predicted octanol–water partition coefficient (Wildman–Crippen LogP) is 1.61. The van der Waals surface area contributed by atoms with Crippen LogP contribution < -0.4 is 16.0 Å². The second-order valence-corrected chi connectivity index (χ2v) is 3.84. The molecule has 0 saturated heterocycles. The summed E-state index contributed by atoms with van der Waals surface area (Å²) in [6.45, 7) is 3.68. The first-order valence-corrected chi connectivity index (χ1v) is 5.74. The van der Waals surface area contributed by atoms with Crippen LogP contribution >= 0.6 is 0 Å². The molecule has 0 bridgehead atoms. The highest BCUT2D eigenvalue weighted by atomic mass is 19.1. The number of urea groups is 1. The number of rotatable bonds is 4. The van der Waals surface area contributed by atoms with Crippen LogP contribution in [0.4, 0.5) is 19.3 Å². The van der Waals surface area contributed by atoms with Gasteiger partial charge in [-0.15, -0.1) is 0 Å². The molecule has 0 spiro atoms. The second-order valence-electron chi connectivity index (χ2n) is 3.84. The third-order valence-electron chi connectivity index (χ3n) is 2.27. The van der Waals surface area contributed by atoms with Crippen molar-refractivity contribution in [1.29, 1.82) is 0 Å². The van der Waals surface area contributed by atoms with Gasteiger partial charge in [0.2, 0.25) is 5.91 Å². The molecule has 1 rings (SSSR count). The minimum Gasteiger partial charge on any atom is -0.355 e. The molecular weight excluding hydrogens is 256 g/mol. The highest BCUT2D eigenvalue weighted by Gasteiger charge is 2.15. The van der Waals surface area contributed by atoms with Crippen LogP contribution in [0.15, 0.2) is 18.2 Å². The number of nitrogens with one attached hydrogen (secondary N) is 3. The molecule has 1 aromatic rings. The third kappa shape index (κ3) is 4.53. The van der Waals surface area contributed by atoms with Gasteiger partial charge in [0.1, 0.15) is 17.7 Å². The summed E-state index contributed by atoms with van der Waals surface area (Å²) in [6.07, 6.45) is 0. The number of carbonyl (C=O) groups excluding carboxylic acids is 2. The molecule has 0 radical (unpaired) electrons. The van der Waals surface area contributed by atoms with E-state index < -0.39 is 23.7 Å². The molecule has 19 heavy (non-hydrogen) atoms. The Morgan fingerprint density at radius 1 is 1.32 bits per heavy atom. The molecule has 0 heterocycles. The Morgan fingerprint density at radius 3 is 2.58 bits per heavy atom. The van der Waals surface area contributed by atoms with Crippen molar-refractivity contribution in [2.24, 2.45) is 0 Å². The zero-order valence-electron chi connectivity index (χ0n) is 10.6. The van der Waals surface area contributed by atoms with Crippen molar-refractivity contribution in [3.63, 3.8) is 0 Å². The van der Waals surface area contributed by atoms with Crippen molar-refractivity contribution in [1.82, 2.24) is 10.6 Å². The number of carbonyl (C=O) groups is 2. The van der Waals surface area contributed by atoms with Gasteiger partial charge in [0.05, 0.1) is 5.69 Å². The van der Waals surface area contributed by atoms with Gasteiger partial charge >= 0.3 is 6.03 Å². The monoisotopic (exact) mass is 271 g/mol. The van der Waals surface area contributed by atoms with E-state index in [1.807, 2.05) is 0 Å². The molecule has 5 nitrogen and oxygen atoms in total. The summed E-state index contributed by atoms with van der Waals surface area (Å²) < 4.78 is 25.9. The Labute approximate surface area is 109 Å². The summed E-state index contributed by atoms with van der Waals surface area (Å²) in [7, 11) is 0. The normalized spacial score (nSPS) is 11.6. The molecule has 3 N–H and O–H groups in total. The van der Waals surface area contributed by atoms with E-state index in [4.69, 9.17) is 0 Å². The van der Waals surface area contributed by atoms with E-state index in [-0.39, 0.29) is 11.6 Å². The van der Waals surface area contributed by atoms with Gasteiger partial charge in [0.25, 0.3) is 0 Å². The first-order chi connectivity index (χ1) is 8.93. The average Bonchev–Trinajstić information content (AvgIpc) is 2.33. The minimum absolute atomic E-state index is 0.165. The number of anilines is 1. The van der Waals surface area contributed by atoms with Crippen molar-refractivity contribution in [3.8, 4) is 0 Å². The van der Waals surface area contributed by atoms with Gasteiger partial charge in [-0.05, 0) is 26.0 Å². The smallest absolute Gasteiger partial charge is 0.319 e. The zero-order chi connectivity index (χ0) is 14.4. The average molecular weight is 271 g/mol. The van der Waals surface area contributed by atoms with Crippen LogP contribution in [0, 0.1) is 11.6 Å². The number of halogens is 2. The lowest BCUT2D eigenvalue weighted by Gasteiger charge is -2.14. The maximum Gasteiger partial charge on any atom is 0.319 e. The number of likely N-dealkylation sites (N-methyl/N-ethyl adjacent to an activating group) is 1. The topological polar surface area (TPSA) is 70.2 Å². The van der Waals surface area contributed by atoms with E-state index in [0.29, 0.717) is 12.6 Å². The molecule has 0 unspecified atom stereocenters. The lowest BCUT2D eigenvalue weighted by Crippen LogP contribution is -2.46. The van der Waals surface area contributed by atoms with Crippen LogP contribution in [0.3, 0.4) is 0 Å². The SMILES string of the molecule is CCNC(=O)[C@@H](C)NC(=O)Nc1ccc(F)cc1F. The van der Waals surface area contributed by atoms with Crippen molar-refractivity contribution in [3.05, 3.63) is 29.8 Å². The number of hydrogen-bond donors (Lipinski definition) is 3. The maximum atomic E-state index is 13.3. The molecule has 104 valence electrons. The summed E-state index contributed by atoms with van der Waals surface area (Å²) >= 11 is 0. The summed E-state index contributed by atoms with van der Waals surface area (Å²) in [4.78, 5) is 22.9. The summed E-state index contributed by atoms with van der Waals surface area (Å²) in [6, 6.07) is 1.27. The Hall–Kier alpha value is -2.18. The molecule has 0 aliphatic carbocycles. The van der Waals surface area contributed by atoms with E-state index in [9.17, 15) is 18.4 Å². The third-order valence-corrected chi connectivity index (χ3v) is 2.27. The Bertz CT molecular complexity index is 480. The van der Waals surface area contributed by atoms with Crippen molar-refractivity contribution < 1.29 is 18.4 Å². The maximum absolute atomic E-state index is 13.3. The summed E-state index contributed by atoms with van der Waals surface area (Å²) in [5.41, 5.74) is -0.165. The number of benzene rings is 1.